The van der Waals surface area contributed by atoms with Crippen molar-refractivity contribution in [3.63, 3.8) is 0 Å². The second-order valence-corrected chi connectivity index (χ2v) is 4.44. The molecule has 1 aliphatic rings. The largest absolute Gasteiger partial charge is 0.359 e. The Bertz CT molecular complexity index is 192. The van der Waals surface area contributed by atoms with Crippen LogP contribution in [0.4, 0.5) is 0 Å². The summed E-state index contributed by atoms with van der Waals surface area (Å²) >= 11 is 0. The van der Waals surface area contributed by atoms with Crippen molar-refractivity contribution in [1.82, 2.24) is 5.32 Å². The van der Waals surface area contributed by atoms with Gasteiger partial charge in [-0.05, 0) is 19.3 Å². The zero-order valence-corrected chi connectivity index (χ0v) is 9.38. The summed E-state index contributed by atoms with van der Waals surface area (Å²) in [4.78, 5) is 11.3. The summed E-state index contributed by atoms with van der Waals surface area (Å²) in [6, 6.07) is 0. The van der Waals surface area contributed by atoms with Gasteiger partial charge in [0.2, 0.25) is 0 Å². The summed E-state index contributed by atoms with van der Waals surface area (Å²) in [6.45, 7) is 7.15. The third-order valence-electron chi connectivity index (χ3n) is 2.48. The molecule has 2 unspecified atom stereocenters. The van der Waals surface area contributed by atoms with Crippen molar-refractivity contribution >= 4 is 5.91 Å². The minimum atomic E-state index is -0.167. The van der Waals surface area contributed by atoms with Crippen LogP contribution in [-0.4, -0.2) is 24.7 Å². The number of amides is 1. The van der Waals surface area contributed by atoms with Crippen LogP contribution in [0.25, 0.3) is 0 Å². The van der Waals surface area contributed by atoms with Crippen LogP contribution < -0.4 is 5.32 Å². The average molecular weight is 199 g/mol. The van der Waals surface area contributed by atoms with Crippen LogP contribution in [0.15, 0.2) is 0 Å². The number of carbonyl (C=O) groups is 1. The Kier molecular flexibility index (Phi) is 4.39. The SMILES string of the molecule is CC(C)CCCCNC(=O)C1OC1C. The number of unbranched alkanes of at least 4 members (excludes halogenated alkanes) is 1. The summed E-state index contributed by atoms with van der Waals surface area (Å²) in [5.74, 6) is 0.819. The third-order valence-corrected chi connectivity index (χ3v) is 2.48. The highest BCUT2D eigenvalue weighted by molar-refractivity contribution is 5.83. The maximum Gasteiger partial charge on any atom is 0.251 e. The summed E-state index contributed by atoms with van der Waals surface area (Å²) in [5, 5.41) is 2.88. The molecule has 1 fully saturated rings. The summed E-state index contributed by atoms with van der Waals surface area (Å²) in [7, 11) is 0. The zero-order valence-electron chi connectivity index (χ0n) is 9.38. The van der Waals surface area contributed by atoms with E-state index in [4.69, 9.17) is 4.74 Å². The minimum absolute atomic E-state index is 0.0575. The van der Waals surface area contributed by atoms with Crippen LogP contribution in [0.3, 0.4) is 0 Å². The van der Waals surface area contributed by atoms with Gasteiger partial charge >= 0.3 is 0 Å². The second kappa shape index (κ2) is 5.35. The van der Waals surface area contributed by atoms with Crippen molar-refractivity contribution < 1.29 is 9.53 Å². The van der Waals surface area contributed by atoms with Crippen molar-refractivity contribution in [3.8, 4) is 0 Å². The molecule has 1 heterocycles. The Morgan fingerprint density at radius 3 is 2.57 bits per heavy atom. The Balaban J connectivity index is 1.91. The fourth-order valence-electron chi connectivity index (χ4n) is 1.45. The second-order valence-electron chi connectivity index (χ2n) is 4.44. The molecule has 0 aromatic carbocycles. The van der Waals surface area contributed by atoms with Crippen LogP contribution >= 0.6 is 0 Å². The van der Waals surface area contributed by atoms with E-state index >= 15 is 0 Å². The fourth-order valence-corrected chi connectivity index (χ4v) is 1.45. The average Bonchev–Trinajstić information content (AvgIpc) is 2.81. The van der Waals surface area contributed by atoms with Gasteiger partial charge in [0, 0.05) is 6.54 Å². The van der Waals surface area contributed by atoms with Crippen LogP contribution in [0, 0.1) is 5.92 Å². The lowest BCUT2D eigenvalue weighted by Gasteiger charge is -2.05. The van der Waals surface area contributed by atoms with E-state index in [9.17, 15) is 4.79 Å². The molecule has 0 radical (unpaired) electrons. The number of ether oxygens (including phenoxy) is 1. The predicted molar refractivity (Wildman–Crippen MR) is 56.0 cm³/mol. The molecule has 0 spiro atoms. The first kappa shape index (κ1) is 11.5. The van der Waals surface area contributed by atoms with Gasteiger partial charge in [0.15, 0.2) is 6.10 Å². The molecule has 1 amide bonds. The van der Waals surface area contributed by atoms with Gasteiger partial charge in [-0.25, -0.2) is 0 Å². The molecule has 0 aromatic rings. The maximum absolute atomic E-state index is 11.3. The Labute approximate surface area is 86.2 Å². The Hall–Kier alpha value is -0.570. The summed E-state index contributed by atoms with van der Waals surface area (Å²) in [6.07, 6.45) is 3.47. The first-order chi connectivity index (χ1) is 6.61. The van der Waals surface area contributed by atoms with E-state index in [1.807, 2.05) is 6.92 Å². The van der Waals surface area contributed by atoms with Crippen molar-refractivity contribution in [1.29, 1.82) is 0 Å². The van der Waals surface area contributed by atoms with E-state index in [1.165, 1.54) is 12.8 Å². The van der Waals surface area contributed by atoms with Crippen molar-refractivity contribution in [2.45, 2.75) is 52.2 Å². The van der Waals surface area contributed by atoms with Gasteiger partial charge in [-0.15, -0.1) is 0 Å². The van der Waals surface area contributed by atoms with Gasteiger partial charge in [0.05, 0.1) is 6.10 Å². The van der Waals surface area contributed by atoms with Crippen molar-refractivity contribution in [2.75, 3.05) is 6.54 Å². The van der Waals surface area contributed by atoms with E-state index < -0.39 is 0 Å². The summed E-state index contributed by atoms with van der Waals surface area (Å²) in [5.41, 5.74) is 0. The van der Waals surface area contributed by atoms with Crippen LogP contribution in [0.5, 0.6) is 0 Å². The standard InChI is InChI=1S/C11H21NO2/c1-8(2)6-4-5-7-12-11(13)10-9(3)14-10/h8-10H,4-7H2,1-3H3,(H,12,13). The zero-order chi connectivity index (χ0) is 10.6. The number of hydrogen-bond acceptors (Lipinski definition) is 2. The Morgan fingerprint density at radius 2 is 2.07 bits per heavy atom. The lowest BCUT2D eigenvalue weighted by Crippen LogP contribution is -2.29. The first-order valence-corrected chi connectivity index (χ1v) is 5.54. The van der Waals surface area contributed by atoms with E-state index in [-0.39, 0.29) is 18.1 Å². The van der Waals surface area contributed by atoms with Gasteiger partial charge in [-0.2, -0.15) is 0 Å². The van der Waals surface area contributed by atoms with E-state index in [2.05, 4.69) is 19.2 Å². The van der Waals surface area contributed by atoms with Crippen molar-refractivity contribution in [2.24, 2.45) is 5.92 Å². The molecule has 3 heteroatoms. The van der Waals surface area contributed by atoms with Crippen LogP contribution in [0.2, 0.25) is 0 Å². The molecule has 1 aliphatic heterocycles. The number of carbonyl (C=O) groups excluding carboxylic acids is 1. The minimum Gasteiger partial charge on any atom is -0.359 e. The molecule has 0 bridgehead atoms. The molecule has 1 rings (SSSR count). The number of rotatable bonds is 6. The highest BCUT2D eigenvalue weighted by Gasteiger charge is 2.40. The highest BCUT2D eigenvalue weighted by atomic mass is 16.6. The van der Waals surface area contributed by atoms with E-state index in [0.29, 0.717) is 0 Å². The molecular formula is C11H21NO2. The molecule has 1 N–H and O–H groups in total. The highest BCUT2D eigenvalue weighted by Crippen LogP contribution is 2.20. The van der Waals surface area contributed by atoms with Crippen LogP contribution in [0.1, 0.15) is 40.0 Å². The van der Waals surface area contributed by atoms with Crippen LogP contribution in [-0.2, 0) is 9.53 Å². The number of hydrogen-bond donors (Lipinski definition) is 1. The monoisotopic (exact) mass is 199 g/mol. The Morgan fingerprint density at radius 1 is 1.43 bits per heavy atom. The first-order valence-electron chi connectivity index (χ1n) is 5.54. The normalized spacial score (nSPS) is 25.1. The van der Waals surface area contributed by atoms with Gasteiger partial charge in [-0.1, -0.05) is 26.7 Å². The lowest BCUT2D eigenvalue weighted by molar-refractivity contribution is -0.122. The molecule has 3 nitrogen and oxygen atoms in total. The van der Waals surface area contributed by atoms with E-state index in [1.54, 1.807) is 0 Å². The molecule has 2 atom stereocenters. The van der Waals surface area contributed by atoms with Crippen molar-refractivity contribution in [3.05, 3.63) is 0 Å². The molecule has 0 aromatic heterocycles. The molecule has 1 saturated heterocycles. The number of epoxide rings is 1. The molecule has 82 valence electrons. The molecular weight excluding hydrogens is 178 g/mol. The topological polar surface area (TPSA) is 41.6 Å². The smallest absolute Gasteiger partial charge is 0.251 e. The van der Waals surface area contributed by atoms with Gasteiger partial charge < -0.3 is 10.1 Å². The number of nitrogens with one attached hydrogen (secondary N) is 1. The summed E-state index contributed by atoms with van der Waals surface area (Å²) < 4.78 is 5.06. The van der Waals surface area contributed by atoms with Gasteiger partial charge in [0.1, 0.15) is 0 Å². The fraction of sp³-hybridized carbons (Fsp3) is 0.909. The molecule has 0 saturated carbocycles. The van der Waals surface area contributed by atoms with E-state index in [0.717, 1.165) is 18.9 Å². The van der Waals surface area contributed by atoms with Gasteiger partial charge in [-0.3, -0.25) is 4.79 Å². The lowest BCUT2D eigenvalue weighted by atomic mass is 10.1. The predicted octanol–water partition coefficient (Wildman–Crippen LogP) is 1.72. The molecule has 14 heavy (non-hydrogen) atoms. The quantitative estimate of drug-likeness (QED) is 0.522. The molecule has 0 aliphatic carbocycles. The van der Waals surface area contributed by atoms with Gasteiger partial charge in [0.25, 0.3) is 5.91 Å². The maximum atomic E-state index is 11.3. The third kappa shape index (κ3) is 4.09.